The molecule has 0 atom stereocenters. The molecule has 0 saturated carbocycles. The number of hydrogen-bond acceptors (Lipinski definition) is 3. The molecule has 0 radical (unpaired) electrons. The zero-order valence-electron chi connectivity index (χ0n) is 10.8. The van der Waals surface area contributed by atoms with Crippen LogP contribution in [0.2, 0.25) is 5.02 Å². The topological polar surface area (TPSA) is 39.2 Å². The number of ether oxygens (including phenoxy) is 1. The van der Waals surface area contributed by atoms with Crippen molar-refractivity contribution in [2.45, 2.75) is 20.0 Å². The zero-order chi connectivity index (χ0) is 13.8. The molecule has 1 heterocycles. The lowest BCUT2D eigenvalue weighted by atomic mass is 10.1. The SMILES string of the molecule is CC(C)Oc1cncc(-c2ccc(C=O)cc2Cl)c1. The molecule has 0 spiro atoms. The summed E-state index contributed by atoms with van der Waals surface area (Å²) in [6.07, 6.45) is 4.24. The zero-order valence-corrected chi connectivity index (χ0v) is 11.5. The highest BCUT2D eigenvalue weighted by atomic mass is 35.5. The van der Waals surface area contributed by atoms with Gasteiger partial charge in [-0.2, -0.15) is 0 Å². The van der Waals surface area contributed by atoms with Gasteiger partial charge in [0.05, 0.1) is 12.3 Å². The molecule has 0 amide bonds. The average molecular weight is 276 g/mol. The van der Waals surface area contributed by atoms with E-state index in [1.807, 2.05) is 26.0 Å². The maximum Gasteiger partial charge on any atom is 0.150 e. The summed E-state index contributed by atoms with van der Waals surface area (Å²) in [4.78, 5) is 14.8. The van der Waals surface area contributed by atoms with Crippen molar-refractivity contribution >= 4 is 17.9 Å². The van der Waals surface area contributed by atoms with Crippen molar-refractivity contribution in [2.24, 2.45) is 0 Å². The molecule has 0 bridgehead atoms. The standard InChI is InChI=1S/C15H14ClNO2/c1-10(2)19-13-6-12(7-17-8-13)14-4-3-11(9-18)5-15(14)16/h3-10H,1-2H3. The molecule has 1 aromatic carbocycles. The largest absolute Gasteiger partial charge is 0.489 e. The summed E-state index contributed by atoms with van der Waals surface area (Å²) in [7, 11) is 0. The van der Waals surface area contributed by atoms with Gasteiger partial charge >= 0.3 is 0 Å². The van der Waals surface area contributed by atoms with Gasteiger partial charge in [-0.1, -0.05) is 23.7 Å². The second kappa shape index (κ2) is 5.85. The number of benzene rings is 1. The molecule has 2 aromatic rings. The van der Waals surface area contributed by atoms with Crippen LogP contribution in [0, 0.1) is 0 Å². The van der Waals surface area contributed by atoms with Crippen LogP contribution in [0.25, 0.3) is 11.1 Å². The lowest BCUT2D eigenvalue weighted by molar-refractivity contribution is 0.112. The fourth-order valence-corrected chi connectivity index (χ4v) is 2.04. The van der Waals surface area contributed by atoms with Gasteiger partial charge in [0.25, 0.3) is 0 Å². The quantitative estimate of drug-likeness (QED) is 0.792. The highest BCUT2D eigenvalue weighted by molar-refractivity contribution is 6.33. The Bertz CT molecular complexity index is 596. The summed E-state index contributed by atoms with van der Waals surface area (Å²) in [6, 6.07) is 7.06. The molecule has 0 N–H and O–H groups in total. The first-order valence-electron chi connectivity index (χ1n) is 5.97. The third kappa shape index (κ3) is 3.32. The first-order valence-corrected chi connectivity index (χ1v) is 6.34. The fraction of sp³-hybridized carbons (Fsp3) is 0.200. The molecule has 0 saturated heterocycles. The van der Waals surface area contributed by atoms with Crippen LogP contribution >= 0.6 is 11.6 Å². The number of hydrogen-bond donors (Lipinski definition) is 0. The van der Waals surface area contributed by atoms with E-state index in [2.05, 4.69) is 4.98 Å². The van der Waals surface area contributed by atoms with Crippen molar-refractivity contribution in [3.63, 3.8) is 0 Å². The summed E-state index contributed by atoms with van der Waals surface area (Å²) in [5, 5.41) is 0.521. The van der Waals surface area contributed by atoms with Gasteiger partial charge in [-0.15, -0.1) is 0 Å². The molecule has 0 fully saturated rings. The number of halogens is 1. The van der Waals surface area contributed by atoms with E-state index in [4.69, 9.17) is 16.3 Å². The molecule has 4 heteroatoms. The summed E-state index contributed by atoms with van der Waals surface area (Å²) >= 11 is 6.17. The third-order valence-electron chi connectivity index (χ3n) is 2.53. The number of aromatic nitrogens is 1. The van der Waals surface area contributed by atoms with Crippen LogP contribution in [0.4, 0.5) is 0 Å². The van der Waals surface area contributed by atoms with Gasteiger partial charge in [-0.25, -0.2) is 0 Å². The molecule has 0 aliphatic carbocycles. The Labute approximate surface area is 117 Å². The first-order chi connectivity index (χ1) is 9.10. The van der Waals surface area contributed by atoms with E-state index in [1.165, 1.54) is 0 Å². The van der Waals surface area contributed by atoms with Crippen molar-refractivity contribution in [2.75, 3.05) is 0 Å². The molecule has 98 valence electrons. The van der Waals surface area contributed by atoms with Gasteiger partial charge in [0.1, 0.15) is 12.0 Å². The summed E-state index contributed by atoms with van der Waals surface area (Å²) in [5.41, 5.74) is 2.24. The van der Waals surface area contributed by atoms with Crippen LogP contribution in [0.1, 0.15) is 24.2 Å². The Morgan fingerprint density at radius 2 is 2.05 bits per heavy atom. The second-order valence-corrected chi connectivity index (χ2v) is 4.84. The van der Waals surface area contributed by atoms with E-state index in [1.54, 1.807) is 24.5 Å². The van der Waals surface area contributed by atoms with E-state index in [-0.39, 0.29) is 6.10 Å². The molecule has 0 aliphatic rings. The maximum atomic E-state index is 10.7. The number of carbonyl (C=O) groups is 1. The van der Waals surface area contributed by atoms with E-state index >= 15 is 0 Å². The molecular formula is C15H14ClNO2. The molecular weight excluding hydrogens is 262 g/mol. The van der Waals surface area contributed by atoms with E-state index in [0.717, 1.165) is 17.4 Å². The van der Waals surface area contributed by atoms with Crippen molar-refractivity contribution in [1.82, 2.24) is 4.98 Å². The number of nitrogens with zero attached hydrogens (tertiary/aromatic N) is 1. The second-order valence-electron chi connectivity index (χ2n) is 4.43. The van der Waals surface area contributed by atoms with Crippen LogP contribution in [0.15, 0.2) is 36.7 Å². The molecule has 3 nitrogen and oxygen atoms in total. The van der Waals surface area contributed by atoms with Gasteiger partial charge in [0, 0.05) is 27.9 Å². The predicted molar refractivity (Wildman–Crippen MR) is 75.8 cm³/mol. The Hall–Kier alpha value is -1.87. The Morgan fingerprint density at radius 3 is 2.68 bits per heavy atom. The fourth-order valence-electron chi connectivity index (χ4n) is 1.74. The van der Waals surface area contributed by atoms with E-state index < -0.39 is 0 Å². The highest BCUT2D eigenvalue weighted by Gasteiger charge is 2.07. The van der Waals surface area contributed by atoms with Crippen LogP contribution in [-0.2, 0) is 0 Å². The minimum atomic E-state index is 0.0879. The lowest BCUT2D eigenvalue weighted by Gasteiger charge is -2.11. The normalized spacial score (nSPS) is 10.5. The average Bonchev–Trinajstić information content (AvgIpc) is 2.38. The van der Waals surface area contributed by atoms with Crippen molar-refractivity contribution in [3.05, 3.63) is 47.2 Å². The molecule has 2 rings (SSSR count). The minimum absolute atomic E-state index is 0.0879. The number of pyridine rings is 1. The Morgan fingerprint density at radius 1 is 1.26 bits per heavy atom. The van der Waals surface area contributed by atoms with Gasteiger partial charge < -0.3 is 4.74 Å². The van der Waals surface area contributed by atoms with Crippen molar-refractivity contribution in [1.29, 1.82) is 0 Å². The van der Waals surface area contributed by atoms with Crippen LogP contribution < -0.4 is 4.74 Å². The minimum Gasteiger partial charge on any atom is -0.489 e. The Balaban J connectivity index is 2.38. The summed E-state index contributed by atoms with van der Waals surface area (Å²) < 4.78 is 5.60. The van der Waals surface area contributed by atoms with Crippen LogP contribution in [-0.4, -0.2) is 17.4 Å². The summed E-state index contributed by atoms with van der Waals surface area (Å²) in [5.74, 6) is 0.697. The molecule has 19 heavy (non-hydrogen) atoms. The monoisotopic (exact) mass is 275 g/mol. The maximum absolute atomic E-state index is 10.7. The lowest BCUT2D eigenvalue weighted by Crippen LogP contribution is -2.05. The Kier molecular flexibility index (Phi) is 4.17. The predicted octanol–water partition coefficient (Wildman–Crippen LogP) is 4.00. The summed E-state index contributed by atoms with van der Waals surface area (Å²) in [6.45, 7) is 3.91. The molecule has 1 aromatic heterocycles. The van der Waals surface area contributed by atoms with Gasteiger partial charge in [0.15, 0.2) is 0 Å². The van der Waals surface area contributed by atoms with Gasteiger partial charge in [0.2, 0.25) is 0 Å². The van der Waals surface area contributed by atoms with Gasteiger partial charge in [-0.05, 0) is 26.0 Å². The molecule has 0 aliphatic heterocycles. The van der Waals surface area contributed by atoms with E-state index in [0.29, 0.717) is 16.3 Å². The highest BCUT2D eigenvalue weighted by Crippen LogP contribution is 2.30. The van der Waals surface area contributed by atoms with Crippen LogP contribution in [0.5, 0.6) is 5.75 Å². The van der Waals surface area contributed by atoms with Crippen molar-refractivity contribution < 1.29 is 9.53 Å². The first kappa shape index (κ1) is 13.6. The van der Waals surface area contributed by atoms with Crippen LogP contribution in [0.3, 0.4) is 0 Å². The number of carbonyl (C=O) groups excluding carboxylic acids is 1. The third-order valence-corrected chi connectivity index (χ3v) is 2.84. The molecule has 0 unspecified atom stereocenters. The van der Waals surface area contributed by atoms with Crippen molar-refractivity contribution in [3.8, 4) is 16.9 Å². The number of rotatable bonds is 4. The smallest absolute Gasteiger partial charge is 0.150 e. The van der Waals surface area contributed by atoms with Gasteiger partial charge in [-0.3, -0.25) is 9.78 Å². The number of aldehydes is 1. The van der Waals surface area contributed by atoms with E-state index in [9.17, 15) is 4.79 Å².